The number of halogens is 1. The Kier molecular flexibility index (Phi) is 8.04. The fourth-order valence-corrected chi connectivity index (χ4v) is 4.67. The molecule has 2 amide bonds. The number of ether oxygens (including phenoxy) is 1. The summed E-state index contributed by atoms with van der Waals surface area (Å²) in [5, 5.41) is 9.73. The van der Waals surface area contributed by atoms with Crippen LogP contribution in [0.3, 0.4) is 0 Å². The maximum Gasteiger partial charge on any atom is 0.410 e. The predicted molar refractivity (Wildman–Crippen MR) is 149 cm³/mol. The topological polar surface area (TPSA) is 108 Å². The first-order valence-corrected chi connectivity index (χ1v) is 13.7. The highest BCUT2D eigenvalue weighted by Gasteiger charge is 2.44. The molecule has 0 saturated heterocycles. The van der Waals surface area contributed by atoms with E-state index in [1.807, 2.05) is 6.20 Å². The normalized spacial score (nSPS) is 19.9. The number of benzene rings is 1. The van der Waals surface area contributed by atoms with E-state index in [1.165, 1.54) is 17.0 Å². The minimum atomic E-state index is -0.646. The van der Waals surface area contributed by atoms with Gasteiger partial charge < -0.3 is 20.7 Å². The molecule has 0 aliphatic heterocycles. The molecule has 1 atom stereocenters. The van der Waals surface area contributed by atoms with Crippen LogP contribution in [0, 0.1) is 11.7 Å². The number of likely N-dealkylation sites (N-methyl/N-ethyl adjacent to an activating group) is 1. The van der Waals surface area contributed by atoms with Gasteiger partial charge in [-0.3, -0.25) is 9.69 Å². The minimum Gasteiger partial charge on any atom is -0.444 e. The van der Waals surface area contributed by atoms with E-state index in [0.717, 1.165) is 37.1 Å². The van der Waals surface area contributed by atoms with E-state index in [9.17, 15) is 14.0 Å². The molecule has 39 heavy (non-hydrogen) atoms. The second-order valence-corrected chi connectivity index (χ2v) is 12.4. The average Bonchev–Trinajstić information content (AvgIpc) is 3.62. The first-order valence-electron chi connectivity index (χ1n) is 13.7. The van der Waals surface area contributed by atoms with Crippen molar-refractivity contribution in [1.82, 2.24) is 20.2 Å². The maximum absolute atomic E-state index is 13.6. The van der Waals surface area contributed by atoms with Crippen LogP contribution in [0.2, 0.25) is 0 Å². The van der Waals surface area contributed by atoms with Crippen LogP contribution in [-0.4, -0.2) is 57.6 Å². The number of aromatic nitrogens is 2. The van der Waals surface area contributed by atoms with E-state index in [1.54, 1.807) is 46.9 Å². The Labute approximate surface area is 230 Å². The fraction of sp³-hybridized carbons (Fsp3) is 0.586. The quantitative estimate of drug-likeness (QED) is 0.393. The highest BCUT2D eigenvalue weighted by molar-refractivity contribution is 5.85. The smallest absolute Gasteiger partial charge is 0.410 e. The number of hydrogen-bond acceptors (Lipinski definition) is 7. The Balaban J connectivity index is 1.39. The molecular formula is C29H41FN6O3. The van der Waals surface area contributed by atoms with E-state index >= 15 is 0 Å². The van der Waals surface area contributed by atoms with Crippen LogP contribution in [0.25, 0.3) is 0 Å². The van der Waals surface area contributed by atoms with Gasteiger partial charge in [0.25, 0.3) is 0 Å². The highest BCUT2D eigenvalue weighted by atomic mass is 19.1. The Morgan fingerprint density at radius 1 is 1.13 bits per heavy atom. The first-order chi connectivity index (χ1) is 18.2. The molecule has 4 rings (SSSR count). The highest BCUT2D eigenvalue weighted by Crippen LogP contribution is 2.46. The van der Waals surface area contributed by atoms with Crippen LogP contribution in [-0.2, 0) is 14.9 Å². The summed E-state index contributed by atoms with van der Waals surface area (Å²) in [6.07, 6.45) is 5.15. The molecule has 0 unspecified atom stereocenters. The van der Waals surface area contributed by atoms with E-state index in [2.05, 4.69) is 34.8 Å². The molecule has 1 heterocycles. The maximum atomic E-state index is 13.6. The van der Waals surface area contributed by atoms with Crippen LogP contribution >= 0.6 is 0 Å². The van der Waals surface area contributed by atoms with Crippen molar-refractivity contribution in [2.45, 2.75) is 96.4 Å². The van der Waals surface area contributed by atoms with Crippen LogP contribution < -0.4 is 16.0 Å². The van der Waals surface area contributed by atoms with Gasteiger partial charge in [0.2, 0.25) is 11.9 Å². The number of hydrogen-bond donors (Lipinski definition) is 3. The third-order valence-electron chi connectivity index (χ3n) is 7.63. The van der Waals surface area contributed by atoms with Crippen molar-refractivity contribution in [3.8, 4) is 0 Å². The van der Waals surface area contributed by atoms with Gasteiger partial charge >= 0.3 is 6.09 Å². The van der Waals surface area contributed by atoms with Crippen molar-refractivity contribution in [1.29, 1.82) is 0 Å². The monoisotopic (exact) mass is 540 g/mol. The van der Waals surface area contributed by atoms with E-state index in [4.69, 9.17) is 9.72 Å². The van der Waals surface area contributed by atoms with Gasteiger partial charge in [-0.15, -0.1) is 0 Å². The number of anilines is 3. The van der Waals surface area contributed by atoms with Crippen molar-refractivity contribution in [3.05, 3.63) is 41.8 Å². The average molecular weight is 541 g/mol. The lowest BCUT2D eigenvalue weighted by Crippen LogP contribution is -2.55. The number of carbonyl (C=O) groups excluding carboxylic acids is 2. The molecule has 2 saturated carbocycles. The number of nitrogens with zero attached hydrogens (tertiary/aromatic N) is 3. The molecule has 9 nitrogen and oxygen atoms in total. The lowest BCUT2D eigenvalue weighted by molar-refractivity contribution is -0.127. The Morgan fingerprint density at radius 3 is 2.44 bits per heavy atom. The molecule has 3 N–H and O–H groups in total. The Bertz CT molecular complexity index is 1200. The molecule has 10 heteroatoms. The van der Waals surface area contributed by atoms with Gasteiger partial charge in [0.1, 0.15) is 23.3 Å². The van der Waals surface area contributed by atoms with Crippen LogP contribution in [0.1, 0.15) is 72.8 Å². The van der Waals surface area contributed by atoms with E-state index < -0.39 is 17.7 Å². The number of carbonyl (C=O) groups is 2. The first kappa shape index (κ1) is 28.6. The van der Waals surface area contributed by atoms with E-state index in [0.29, 0.717) is 23.6 Å². The summed E-state index contributed by atoms with van der Waals surface area (Å²) in [7, 11) is 1.58. The summed E-state index contributed by atoms with van der Waals surface area (Å²) in [5.41, 5.74) is 0.740. The minimum absolute atomic E-state index is 0.0333. The summed E-state index contributed by atoms with van der Waals surface area (Å²) in [5.74, 6) is 0.983. The van der Waals surface area contributed by atoms with Crippen molar-refractivity contribution in [3.63, 3.8) is 0 Å². The van der Waals surface area contributed by atoms with Gasteiger partial charge in [0.05, 0.1) is 0 Å². The fourth-order valence-electron chi connectivity index (χ4n) is 4.67. The molecule has 0 radical (unpaired) electrons. The molecule has 212 valence electrons. The second-order valence-electron chi connectivity index (χ2n) is 12.4. The zero-order valence-corrected chi connectivity index (χ0v) is 24.0. The third-order valence-corrected chi connectivity index (χ3v) is 7.63. The molecule has 0 spiro atoms. The molecule has 2 aliphatic carbocycles. The number of nitrogens with one attached hydrogen (secondary N) is 3. The summed E-state index contributed by atoms with van der Waals surface area (Å²) in [4.78, 5) is 35.8. The SMILES string of the molecule is C[C@@H](C(=O)NC1CC(C(C)(C)c2cnc(Nc3cccc(F)c3)nc2NC2CC2)C1)N(C)C(=O)OC(C)(C)C. The van der Waals surface area contributed by atoms with Crippen LogP contribution in [0.15, 0.2) is 30.5 Å². The van der Waals surface area contributed by atoms with Gasteiger partial charge in [0, 0.05) is 36.6 Å². The van der Waals surface area contributed by atoms with Crippen molar-refractivity contribution in [2.75, 3.05) is 17.7 Å². The van der Waals surface area contributed by atoms with Crippen molar-refractivity contribution in [2.24, 2.45) is 5.92 Å². The summed E-state index contributed by atoms with van der Waals surface area (Å²) < 4.78 is 19.0. The standard InChI is InChI=1S/C29H41FN6O3/c1-17(36(7)27(38)39-28(2,3)4)25(37)33-22-13-18(14-22)29(5,6)23-16-31-26(35-24(23)32-20-11-12-20)34-21-10-8-9-19(30)15-21/h8-10,15-18,20,22H,11-14H2,1-7H3,(H,33,37)(H2,31,32,34,35)/t17-,18?,22?/m0/s1. The zero-order valence-electron chi connectivity index (χ0n) is 24.0. The van der Waals surface area contributed by atoms with Gasteiger partial charge in [-0.05, 0) is 82.9 Å². The largest absolute Gasteiger partial charge is 0.444 e. The Hall–Kier alpha value is -3.43. The van der Waals surface area contributed by atoms with Crippen LogP contribution in [0.4, 0.5) is 26.6 Å². The van der Waals surface area contributed by atoms with Gasteiger partial charge in [-0.25, -0.2) is 14.2 Å². The molecule has 0 bridgehead atoms. The predicted octanol–water partition coefficient (Wildman–Crippen LogP) is 5.36. The molecule has 2 fully saturated rings. The Morgan fingerprint density at radius 2 is 1.82 bits per heavy atom. The molecule has 2 aliphatic rings. The van der Waals surface area contributed by atoms with Crippen LogP contribution in [0.5, 0.6) is 0 Å². The number of rotatable bonds is 9. The molecule has 1 aromatic heterocycles. The summed E-state index contributed by atoms with van der Waals surface area (Å²) >= 11 is 0. The van der Waals surface area contributed by atoms with Gasteiger partial charge in [0.15, 0.2) is 0 Å². The molecule has 1 aromatic carbocycles. The van der Waals surface area contributed by atoms with E-state index in [-0.39, 0.29) is 23.2 Å². The summed E-state index contributed by atoms with van der Waals surface area (Å²) in [6, 6.07) is 6.00. The molecular weight excluding hydrogens is 499 g/mol. The lowest BCUT2D eigenvalue weighted by atomic mass is 9.62. The lowest BCUT2D eigenvalue weighted by Gasteiger charge is -2.46. The van der Waals surface area contributed by atoms with Gasteiger partial charge in [-0.1, -0.05) is 19.9 Å². The number of amides is 2. The second kappa shape index (κ2) is 11.0. The van der Waals surface area contributed by atoms with Gasteiger partial charge in [-0.2, -0.15) is 4.98 Å². The van der Waals surface area contributed by atoms with Crippen molar-refractivity contribution < 1.29 is 18.7 Å². The third kappa shape index (κ3) is 7.16. The van der Waals surface area contributed by atoms with Crippen molar-refractivity contribution >= 4 is 29.5 Å². The summed E-state index contributed by atoms with van der Waals surface area (Å²) in [6.45, 7) is 11.5. The zero-order chi connectivity index (χ0) is 28.5. The molecule has 2 aromatic rings.